The molecule has 4 nitrogen and oxygen atoms in total. The number of hydrogen-bond donors (Lipinski definition) is 1. The zero-order valence-electron chi connectivity index (χ0n) is 8.54. The van der Waals surface area contributed by atoms with E-state index < -0.39 is 10.0 Å². The second-order valence-electron chi connectivity index (χ2n) is 3.32. The summed E-state index contributed by atoms with van der Waals surface area (Å²) in [6.45, 7) is 0. The molecule has 0 saturated carbocycles. The van der Waals surface area contributed by atoms with Gasteiger partial charge < -0.3 is 0 Å². The first kappa shape index (κ1) is 11.1. The van der Waals surface area contributed by atoms with Crippen LogP contribution in [-0.4, -0.2) is 19.7 Å². The number of thiazole rings is 1. The Labute approximate surface area is 98.0 Å². The molecule has 0 fully saturated rings. The van der Waals surface area contributed by atoms with E-state index in [-0.39, 0.29) is 0 Å². The Bertz CT molecular complexity index is 559. The zero-order valence-corrected chi connectivity index (χ0v) is 10.2. The van der Waals surface area contributed by atoms with Crippen LogP contribution in [0.25, 0.3) is 10.4 Å². The fourth-order valence-electron chi connectivity index (χ4n) is 1.27. The summed E-state index contributed by atoms with van der Waals surface area (Å²) in [5, 5.41) is 0. The Kier molecular flexibility index (Phi) is 2.93. The van der Waals surface area contributed by atoms with E-state index in [1.54, 1.807) is 35.2 Å². The number of aromatic nitrogens is 1. The highest BCUT2D eigenvalue weighted by Crippen LogP contribution is 2.24. The molecule has 0 aliphatic carbocycles. The monoisotopic (exact) mass is 254 g/mol. The number of benzene rings is 1. The molecular formula is C10H10N2O2S2. The highest BCUT2D eigenvalue weighted by molar-refractivity contribution is 7.92. The molecular weight excluding hydrogens is 244 g/mol. The van der Waals surface area contributed by atoms with Gasteiger partial charge >= 0.3 is 0 Å². The van der Waals surface area contributed by atoms with E-state index in [4.69, 9.17) is 0 Å². The molecule has 0 spiro atoms. The van der Waals surface area contributed by atoms with Crippen LogP contribution in [0.3, 0.4) is 0 Å². The lowest BCUT2D eigenvalue weighted by atomic mass is 10.2. The zero-order chi connectivity index (χ0) is 11.6. The molecule has 0 bridgehead atoms. The van der Waals surface area contributed by atoms with Crippen LogP contribution in [0.2, 0.25) is 0 Å². The van der Waals surface area contributed by atoms with E-state index in [0.29, 0.717) is 5.69 Å². The Morgan fingerprint density at radius 1 is 1.25 bits per heavy atom. The van der Waals surface area contributed by atoms with Gasteiger partial charge in [0.2, 0.25) is 10.0 Å². The van der Waals surface area contributed by atoms with E-state index in [1.807, 2.05) is 12.1 Å². The predicted molar refractivity (Wildman–Crippen MR) is 66.0 cm³/mol. The Morgan fingerprint density at radius 3 is 2.44 bits per heavy atom. The average molecular weight is 254 g/mol. The van der Waals surface area contributed by atoms with Crippen molar-refractivity contribution >= 4 is 27.0 Å². The summed E-state index contributed by atoms with van der Waals surface area (Å²) in [6, 6.07) is 7.19. The van der Waals surface area contributed by atoms with Crippen molar-refractivity contribution in [2.24, 2.45) is 0 Å². The number of hydrogen-bond acceptors (Lipinski definition) is 4. The Balaban J connectivity index is 2.24. The van der Waals surface area contributed by atoms with Crippen molar-refractivity contribution in [1.82, 2.24) is 4.98 Å². The molecule has 0 aliphatic heterocycles. The summed E-state index contributed by atoms with van der Waals surface area (Å²) in [5.41, 5.74) is 3.36. The van der Waals surface area contributed by atoms with Crippen molar-refractivity contribution in [1.29, 1.82) is 0 Å². The topological polar surface area (TPSA) is 59.1 Å². The van der Waals surface area contributed by atoms with Crippen LogP contribution < -0.4 is 4.72 Å². The summed E-state index contributed by atoms with van der Waals surface area (Å²) >= 11 is 1.55. The lowest BCUT2D eigenvalue weighted by molar-refractivity contribution is 0.607. The predicted octanol–water partition coefficient (Wildman–Crippen LogP) is 2.18. The van der Waals surface area contributed by atoms with Gasteiger partial charge in [-0.2, -0.15) is 0 Å². The first-order valence-electron chi connectivity index (χ1n) is 4.51. The molecule has 0 radical (unpaired) electrons. The van der Waals surface area contributed by atoms with Crippen molar-refractivity contribution in [3.63, 3.8) is 0 Å². The second-order valence-corrected chi connectivity index (χ2v) is 5.95. The molecule has 2 aromatic rings. The molecule has 0 unspecified atom stereocenters. The van der Waals surface area contributed by atoms with Crippen LogP contribution in [0.1, 0.15) is 0 Å². The fourth-order valence-corrected chi connectivity index (χ4v) is 2.47. The molecule has 1 N–H and O–H groups in total. The first-order chi connectivity index (χ1) is 7.54. The van der Waals surface area contributed by atoms with Gasteiger partial charge in [0, 0.05) is 11.9 Å². The van der Waals surface area contributed by atoms with Gasteiger partial charge in [0.05, 0.1) is 16.6 Å². The summed E-state index contributed by atoms with van der Waals surface area (Å²) in [5.74, 6) is 0. The minimum atomic E-state index is -3.20. The van der Waals surface area contributed by atoms with Crippen LogP contribution in [0.4, 0.5) is 5.69 Å². The van der Waals surface area contributed by atoms with Crippen molar-refractivity contribution < 1.29 is 8.42 Å². The van der Waals surface area contributed by atoms with Crippen molar-refractivity contribution in [2.45, 2.75) is 0 Å². The summed E-state index contributed by atoms with van der Waals surface area (Å²) in [4.78, 5) is 5.05. The standard InChI is InChI=1S/C10H10N2O2S2/c1-16(13,14)12-9-4-2-8(3-5-9)10-6-11-7-15-10/h2-7,12H,1H3. The number of nitrogens with one attached hydrogen (secondary N) is 1. The molecule has 0 saturated heterocycles. The maximum Gasteiger partial charge on any atom is 0.229 e. The van der Waals surface area contributed by atoms with Crippen LogP contribution in [-0.2, 0) is 10.0 Å². The van der Waals surface area contributed by atoms with Gasteiger partial charge in [-0.15, -0.1) is 11.3 Å². The van der Waals surface area contributed by atoms with Crippen molar-refractivity contribution in [3.05, 3.63) is 36.0 Å². The van der Waals surface area contributed by atoms with Gasteiger partial charge in [0.15, 0.2) is 0 Å². The Hall–Kier alpha value is -1.40. The largest absolute Gasteiger partial charge is 0.284 e. The molecule has 2 rings (SSSR count). The molecule has 1 aromatic heterocycles. The molecule has 1 heterocycles. The fraction of sp³-hybridized carbons (Fsp3) is 0.100. The normalized spacial score (nSPS) is 11.3. The maximum atomic E-state index is 11.0. The van der Waals surface area contributed by atoms with E-state index in [1.165, 1.54) is 0 Å². The van der Waals surface area contributed by atoms with Crippen LogP contribution >= 0.6 is 11.3 Å². The van der Waals surface area contributed by atoms with Gasteiger partial charge in [0.25, 0.3) is 0 Å². The molecule has 0 amide bonds. The molecule has 0 aliphatic rings. The van der Waals surface area contributed by atoms with Gasteiger partial charge in [-0.05, 0) is 17.7 Å². The first-order valence-corrected chi connectivity index (χ1v) is 7.28. The lowest BCUT2D eigenvalue weighted by Gasteiger charge is -2.04. The quantitative estimate of drug-likeness (QED) is 0.913. The van der Waals surface area contributed by atoms with Gasteiger partial charge in [-0.25, -0.2) is 8.42 Å². The highest BCUT2D eigenvalue weighted by Gasteiger charge is 2.03. The smallest absolute Gasteiger partial charge is 0.229 e. The van der Waals surface area contributed by atoms with Crippen LogP contribution in [0.5, 0.6) is 0 Å². The molecule has 0 atom stereocenters. The van der Waals surface area contributed by atoms with Gasteiger partial charge in [-0.1, -0.05) is 12.1 Å². The van der Waals surface area contributed by atoms with Gasteiger partial charge in [0.1, 0.15) is 0 Å². The average Bonchev–Trinajstić information content (AvgIpc) is 2.69. The molecule has 6 heteroatoms. The third-order valence-corrected chi connectivity index (χ3v) is 3.33. The highest BCUT2D eigenvalue weighted by atomic mass is 32.2. The lowest BCUT2D eigenvalue weighted by Crippen LogP contribution is -2.09. The summed E-state index contributed by atoms with van der Waals surface area (Å²) < 4.78 is 24.4. The number of nitrogens with zero attached hydrogens (tertiary/aromatic N) is 1. The summed E-state index contributed by atoms with van der Waals surface area (Å²) in [7, 11) is -3.20. The SMILES string of the molecule is CS(=O)(=O)Nc1ccc(-c2cncs2)cc1. The van der Waals surface area contributed by atoms with E-state index >= 15 is 0 Å². The number of anilines is 1. The van der Waals surface area contributed by atoms with E-state index in [9.17, 15) is 8.42 Å². The third kappa shape index (κ3) is 2.80. The van der Waals surface area contributed by atoms with Crippen LogP contribution in [0.15, 0.2) is 36.0 Å². The number of sulfonamides is 1. The van der Waals surface area contributed by atoms with Crippen LogP contribution in [0, 0.1) is 0 Å². The number of rotatable bonds is 3. The van der Waals surface area contributed by atoms with Crippen molar-refractivity contribution in [3.8, 4) is 10.4 Å². The second kappa shape index (κ2) is 4.23. The minimum Gasteiger partial charge on any atom is -0.284 e. The third-order valence-electron chi connectivity index (χ3n) is 1.90. The van der Waals surface area contributed by atoms with E-state index in [0.717, 1.165) is 16.7 Å². The Morgan fingerprint density at radius 2 is 1.94 bits per heavy atom. The maximum absolute atomic E-state index is 11.0. The van der Waals surface area contributed by atoms with Gasteiger partial charge in [-0.3, -0.25) is 9.71 Å². The molecule has 1 aromatic carbocycles. The minimum absolute atomic E-state index is 0.566. The molecule has 84 valence electrons. The van der Waals surface area contributed by atoms with E-state index in [2.05, 4.69) is 9.71 Å². The summed E-state index contributed by atoms with van der Waals surface area (Å²) in [6.07, 6.45) is 2.91. The molecule has 16 heavy (non-hydrogen) atoms. The van der Waals surface area contributed by atoms with Crippen molar-refractivity contribution in [2.75, 3.05) is 11.0 Å².